The van der Waals surface area contributed by atoms with Gasteiger partial charge in [-0.15, -0.1) is 0 Å². The van der Waals surface area contributed by atoms with Gasteiger partial charge < -0.3 is 24.8 Å². The standard InChI is InChI=1S/C24H30BrClN2O6/c1-5-33-23(32)16-17-22(31)28(15(10-29)11(2)3)20(24(17)9-13(25)19(16)34-24)21(30)27-18-12(4)7-6-8-14(18)26/h6-8,11,13,15-17,19-20,29H,5,9-10H2,1-4H3,(H,27,30)/t13?,15-,16-,17+,19-,20-,24+/m0/s1. The molecule has 2 N–H and O–H groups in total. The van der Waals surface area contributed by atoms with Gasteiger partial charge in [-0.05, 0) is 37.8 Å². The average molecular weight is 558 g/mol. The predicted octanol–water partition coefficient (Wildman–Crippen LogP) is 2.91. The number of benzene rings is 1. The van der Waals surface area contributed by atoms with Gasteiger partial charge >= 0.3 is 5.97 Å². The van der Waals surface area contributed by atoms with Crippen molar-refractivity contribution in [2.45, 2.75) is 62.7 Å². The second-order valence-corrected chi connectivity index (χ2v) is 11.2. The maximum atomic E-state index is 13.9. The fraction of sp³-hybridized carbons (Fsp3) is 0.625. The van der Waals surface area contributed by atoms with Crippen LogP contribution in [-0.4, -0.2) is 69.6 Å². The third kappa shape index (κ3) is 3.75. The van der Waals surface area contributed by atoms with E-state index < -0.39 is 47.5 Å². The number of aliphatic hydroxyl groups is 1. The Morgan fingerprint density at radius 3 is 2.71 bits per heavy atom. The van der Waals surface area contributed by atoms with Crippen LogP contribution in [-0.2, 0) is 23.9 Å². The lowest BCUT2D eigenvalue weighted by molar-refractivity contribution is -0.155. The van der Waals surface area contributed by atoms with Gasteiger partial charge in [0.05, 0.1) is 47.9 Å². The van der Waals surface area contributed by atoms with Crippen LogP contribution >= 0.6 is 27.5 Å². The molecule has 2 bridgehead atoms. The van der Waals surface area contributed by atoms with E-state index in [0.717, 1.165) is 5.56 Å². The van der Waals surface area contributed by atoms with Crippen LogP contribution in [0.5, 0.6) is 0 Å². The number of esters is 1. The van der Waals surface area contributed by atoms with E-state index in [1.807, 2.05) is 26.8 Å². The van der Waals surface area contributed by atoms with Crippen molar-refractivity contribution in [3.05, 3.63) is 28.8 Å². The second kappa shape index (κ2) is 9.41. The monoisotopic (exact) mass is 556 g/mol. The van der Waals surface area contributed by atoms with Crippen LogP contribution in [0.4, 0.5) is 5.69 Å². The molecule has 3 aliphatic rings. The number of aryl methyl sites for hydroxylation is 1. The van der Waals surface area contributed by atoms with Crippen LogP contribution < -0.4 is 5.32 Å². The lowest BCUT2D eigenvalue weighted by Gasteiger charge is -2.38. The number of anilines is 1. The van der Waals surface area contributed by atoms with Gasteiger partial charge in [0.15, 0.2) is 0 Å². The molecule has 1 aromatic rings. The quantitative estimate of drug-likeness (QED) is 0.395. The lowest BCUT2D eigenvalue weighted by atomic mass is 9.70. The Kier molecular flexibility index (Phi) is 7.03. The molecule has 7 atom stereocenters. The number of likely N-dealkylation sites (tertiary alicyclic amines) is 1. The summed E-state index contributed by atoms with van der Waals surface area (Å²) in [5.74, 6) is -3.19. The van der Waals surface area contributed by atoms with Gasteiger partial charge in [-0.25, -0.2) is 0 Å². The molecule has 1 unspecified atom stereocenters. The summed E-state index contributed by atoms with van der Waals surface area (Å²) in [6.45, 7) is 7.13. The number of hydrogen-bond acceptors (Lipinski definition) is 6. The molecule has 4 rings (SSSR count). The molecule has 186 valence electrons. The summed E-state index contributed by atoms with van der Waals surface area (Å²) in [6.07, 6.45) is -0.213. The summed E-state index contributed by atoms with van der Waals surface area (Å²) in [5, 5.41) is 13.5. The first kappa shape index (κ1) is 25.4. The molecule has 0 radical (unpaired) electrons. The molecule has 8 nitrogen and oxygen atoms in total. The van der Waals surface area contributed by atoms with E-state index >= 15 is 0 Å². The largest absolute Gasteiger partial charge is 0.466 e. The molecule has 0 saturated carbocycles. The summed E-state index contributed by atoms with van der Waals surface area (Å²) >= 11 is 9.97. The third-order valence-corrected chi connectivity index (χ3v) is 8.48. The number of fused-ring (bicyclic) bond motifs is 1. The zero-order chi connectivity index (χ0) is 24.9. The SMILES string of the molecule is CCOC(=O)[C@@H]1[C@H]2O[C@@]3(CC2Br)[C@H](C(=O)Nc2c(C)cccc2Cl)N([C@@H](CO)C(C)C)C(=O)[C@@H]13. The number of carbonyl (C=O) groups is 3. The van der Waals surface area contributed by atoms with Gasteiger partial charge in [0, 0.05) is 4.83 Å². The summed E-state index contributed by atoms with van der Waals surface area (Å²) < 4.78 is 11.7. The number of halogens is 2. The van der Waals surface area contributed by atoms with Crippen molar-refractivity contribution in [1.82, 2.24) is 4.90 Å². The number of alkyl halides is 1. The van der Waals surface area contributed by atoms with Crippen LogP contribution in [0.2, 0.25) is 5.02 Å². The van der Waals surface area contributed by atoms with Crippen molar-refractivity contribution in [3.63, 3.8) is 0 Å². The highest BCUT2D eigenvalue weighted by Crippen LogP contribution is 2.60. The molecule has 10 heteroatoms. The third-order valence-electron chi connectivity index (χ3n) is 7.32. The Morgan fingerprint density at radius 1 is 1.41 bits per heavy atom. The number of aliphatic hydroxyl groups excluding tert-OH is 1. The van der Waals surface area contributed by atoms with E-state index in [-0.39, 0.29) is 29.9 Å². The first-order valence-corrected chi connectivity index (χ1v) is 12.9. The topological polar surface area (TPSA) is 105 Å². The summed E-state index contributed by atoms with van der Waals surface area (Å²) in [5.41, 5.74) is -0.00123. The van der Waals surface area contributed by atoms with Crippen molar-refractivity contribution in [2.75, 3.05) is 18.5 Å². The average Bonchev–Trinajstić information content (AvgIpc) is 3.35. The van der Waals surface area contributed by atoms with Crippen molar-refractivity contribution in [1.29, 1.82) is 0 Å². The summed E-state index contributed by atoms with van der Waals surface area (Å²) in [4.78, 5) is 42.0. The molecule has 1 spiro atoms. The van der Waals surface area contributed by atoms with Gasteiger partial charge in [0.2, 0.25) is 11.8 Å². The minimum atomic E-state index is -1.23. The molecule has 3 heterocycles. The van der Waals surface area contributed by atoms with Crippen molar-refractivity contribution in [3.8, 4) is 0 Å². The van der Waals surface area contributed by atoms with Crippen LogP contribution in [0.15, 0.2) is 18.2 Å². The van der Waals surface area contributed by atoms with Crippen LogP contribution in [0, 0.1) is 24.7 Å². The number of ether oxygens (including phenoxy) is 2. The molecular weight excluding hydrogens is 528 g/mol. The van der Waals surface area contributed by atoms with E-state index in [2.05, 4.69) is 21.2 Å². The zero-order valence-electron chi connectivity index (χ0n) is 19.6. The predicted molar refractivity (Wildman–Crippen MR) is 130 cm³/mol. The lowest BCUT2D eigenvalue weighted by Crippen LogP contribution is -2.57. The molecule has 3 fully saturated rings. The second-order valence-electron chi connectivity index (χ2n) is 9.58. The maximum Gasteiger partial charge on any atom is 0.312 e. The maximum absolute atomic E-state index is 13.9. The Bertz CT molecular complexity index is 985. The number of carbonyl (C=O) groups excluding carboxylic acids is 3. The molecule has 3 aliphatic heterocycles. The minimum Gasteiger partial charge on any atom is -0.466 e. The normalized spacial score (nSPS) is 32.8. The number of rotatable bonds is 7. The number of para-hydroxylation sites is 1. The minimum absolute atomic E-state index is 0.139. The smallest absolute Gasteiger partial charge is 0.312 e. The number of nitrogens with zero attached hydrogens (tertiary/aromatic N) is 1. The molecule has 2 amide bonds. The number of nitrogens with one attached hydrogen (secondary N) is 1. The highest BCUT2D eigenvalue weighted by Gasteiger charge is 2.77. The Balaban J connectivity index is 1.81. The van der Waals surface area contributed by atoms with E-state index in [1.54, 1.807) is 19.1 Å². The molecule has 3 saturated heterocycles. The number of hydrogen-bond donors (Lipinski definition) is 2. The molecule has 1 aromatic carbocycles. The first-order valence-electron chi connectivity index (χ1n) is 11.6. The van der Waals surface area contributed by atoms with Crippen LogP contribution in [0.1, 0.15) is 32.8 Å². The van der Waals surface area contributed by atoms with E-state index in [4.69, 9.17) is 21.1 Å². The Morgan fingerprint density at radius 2 is 2.12 bits per heavy atom. The molecule has 0 aromatic heterocycles. The van der Waals surface area contributed by atoms with Crippen LogP contribution in [0.25, 0.3) is 0 Å². The molecule has 0 aliphatic carbocycles. The first-order chi connectivity index (χ1) is 16.1. The fourth-order valence-electron chi connectivity index (χ4n) is 5.83. The van der Waals surface area contributed by atoms with Gasteiger partial charge in [0.1, 0.15) is 11.6 Å². The van der Waals surface area contributed by atoms with Gasteiger partial charge in [-0.3, -0.25) is 14.4 Å². The van der Waals surface area contributed by atoms with Crippen molar-refractivity contribution < 1.29 is 29.0 Å². The highest BCUT2D eigenvalue weighted by atomic mass is 79.9. The molecule has 34 heavy (non-hydrogen) atoms. The van der Waals surface area contributed by atoms with E-state index in [1.165, 1.54) is 4.90 Å². The van der Waals surface area contributed by atoms with Gasteiger partial charge in [0.25, 0.3) is 0 Å². The summed E-state index contributed by atoms with van der Waals surface area (Å²) in [6, 6.07) is 3.61. The van der Waals surface area contributed by atoms with Crippen LogP contribution in [0.3, 0.4) is 0 Å². The summed E-state index contributed by atoms with van der Waals surface area (Å²) in [7, 11) is 0. The van der Waals surface area contributed by atoms with Gasteiger partial charge in [-0.1, -0.05) is 53.5 Å². The molecular formula is C24H30BrClN2O6. The van der Waals surface area contributed by atoms with Crippen molar-refractivity contribution in [2.24, 2.45) is 17.8 Å². The Hall–Kier alpha value is -1.68. The fourth-order valence-corrected chi connectivity index (χ4v) is 7.05. The highest BCUT2D eigenvalue weighted by molar-refractivity contribution is 9.09. The van der Waals surface area contributed by atoms with E-state index in [0.29, 0.717) is 17.1 Å². The van der Waals surface area contributed by atoms with E-state index in [9.17, 15) is 19.5 Å². The van der Waals surface area contributed by atoms with Crippen molar-refractivity contribution >= 4 is 51.0 Å². The Labute approximate surface area is 212 Å². The van der Waals surface area contributed by atoms with Gasteiger partial charge in [-0.2, -0.15) is 0 Å². The number of amides is 2. The zero-order valence-corrected chi connectivity index (χ0v) is 21.9.